The molecule has 26 heavy (non-hydrogen) atoms. The van der Waals surface area contributed by atoms with Gasteiger partial charge in [-0.3, -0.25) is 4.79 Å². The van der Waals surface area contributed by atoms with Crippen LogP contribution in [0.15, 0.2) is 58.1 Å². The van der Waals surface area contributed by atoms with Crippen molar-refractivity contribution in [1.29, 1.82) is 0 Å². The molecule has 0 radical (unpaired) electrons. The van der Waals surface area contributed by atoms with Gasteiger partial charge in [-0.25, -0.2) is 4.79 Å². The molecule has 1 amide bonds. The molecule has 3 rings (SSSR count). The van der Waals surface area contributed by atoms with E-state index in [2.05, 4.69) is 15.5 Å². The molecule has 8 heteroatoms. The molecule has 0 aliphatic rings. The fourth-order valence-electron chi connectivity index (χ4n) is 2.07. The Hall–Kier alpha value is -3.26. The average molecular weight is 369 g/mol. The Morgan fingerprint density at radius 2 is 2.04 bits per heavy atom. The summed E-state index contributed by atoms with van der Waals surface area (Å²) >= 11 is 1.47. The molecule has 3 aromatic rings. The van der Waals surface area contributed by atoms with E-state index < -0.39 is 5.97 Å². The molecule has 0 atom stereocenters. The van der Waals surface area contributed by atoms with Gasteiger partial charge in [-0.2, -0.15) is 4.98 Å². The Bertz CT molecular complexity index is 917. The fraction of sp³-hybridized carbons (Fsp3) is 0.111. The molecule has 132 valence electrons. The smallest absolute Gasteiger partial charge is 0.355 e. The maximum absolute atomic E-state index is 12.3. The van der Waals surface area contributed by atoms with Crippen LogP contribution in [0.2, 0.25) is 0 Å². The van der Waals surface area contributed by atoms with Crippen LogP contribution in [0.4, 0.5) is 0 Å². The third kappa shape index (κ3) is 4.64. The second-order valence-electron chi connectivity index (χ2n) is 5.22. The summed E-state index contributed by atoms with van der Waals surface area (Å²) in [5, 5.41) is 8.16. The highest BCUT2D eigenvalue weighted by atomic mass is 32.1. The Morgan fingerprint density at radius 1 is 1.23 bits per heavy atom. The van der Waals surface area contributed by atoms with Crippen LogP contribution in [0.1, 0.15) is 18.3 Å². The summed E-state index contributed by atoms with van der Waals surface area (Å²) in [6.45, 7) is 1.15. The molecule has 0 saturated heterocycles. The van der Waals surface area contributed by atoms with Crippen LogP contribution in [0.3, 0.4) is 0 Å². The van der Waals surface area contributed by atoms with Crippen LogP contribution in [-0.4, -0.2) is 22.0 Å². The Kier molecular flexibility index (Phi) is 5.55. The lowest BCUT2D eigenvalue weighted by atomic mass is 10.2. The summed E-state index contributed by atoms with van der Waals surface area (Å²) in [5.41, 5.74) is 0.790. The molecule has 2 heterocycles. The van der Waals surface area contributed by atoms with Crippen molar-refractivity contribution in [3.05, 3.63) is 64.9 Å². The number of amides is 1. The maximum Gasteiger partial charge on any atom is 0.355 e. The topological polar surface area (TPSA) is 94.3 Å². The number of hydrogen-bond donors (Lipinski definition) is 1. The van der Waals surface area contributed by atoms with E-state index in [1.54, 1.807) is 0 Å². The summed E-state index contributed by atoms with van der Waals surface area (Å²) in [4.78, 5) is 28.7. The Morgan fingerprint density at radius 3 is 2.73 bits per heavy atom. The highest BCUT2D eigenvalue weighted by Gasteiger charge is 2.16. The van der Waals surface area contributed by atoms with Gasteiger partial charge in [0.1, 0.15) is 5.70 Å². The van der Waals surface area contributed by atoms with Crippen molar-refractivity contribution in [2.24, 2.45) is 0 Å². The number of nitrogens with zero attached hydrogens (tertiary/aromatic N) is 2. The largest absolute Gasteiger partial charge is 0.453 e. The van der Waals surface area contributed by atoms with E-state index in [0.29, 0.717) is 5.89 Å². The summed E-state index contributed by atoms with van der Waals surface area (Å²) in [5.74, 6) is -0.452. The SMILES string of the molecule is CC(=O)N/C(=C\c1ccccc1)C(=O)OCc1noc(-c2cccs2)n1. The zero-order chi connectivity index (χ0) is 18.4. The predicted molar refractivity (Wildman–Crippen MR) is 95.6 cm³/mol. The minimum Gasteiger partial charge on any atom is -0.453 e. The highest BCUT2D eigenvalue weighted by Crippen LogP contribution is 2.22. The van der Waals surface area contributed by atoms with Gasteiger partial charge in [-0.1, -0.05) is 41.6 Å². The Balaban J connectivity index is 1.68. The molecule has 0 saturated carbocycles. The highest BCUT2D eigenvalue weighted by molar-refractivity contribution is 7.13. The van der Waals surface area contributed by atoms with E-state index in [0.717, 1.165) is 10.4 Å². The normalized spacial score (nSPS) is 11.2. The van der Waals surface area contributed by atoms with Crippen molar-refractivity contribution in [2.75, 3.05) is 0 Å². The molecule has 0 fully saturated rings. The number of benzene rings is 1. The molecule has 0 spiro atoms. The van der Waals surface area contributed by atoms with E-state index in [1.807, 2.05) is 47.8 Å². The van der Waals surface area contributed by atoms with E-state index in [1.165, 1.54) is 24.3 Å². The third-order valence-corrected chi connectivity index (χ3v) is 4.03. The molecular weight excluding hydrogens is 354 g/mol. The summed E-state index contributed by atoms with van der Waals surface area (Å²) in [7, 11) is 0. The lowest BCUT2D eigenvalue weighted by Crippen LogP contribution is -2.26. The van der Waals surface area contributed by atoms with Gasteiger partial charge in [0, 0.05) is 6.92 Å². The van der Waals surface area contributed by atoms with Crippen molar-refractivity contribution in [3.63, 3.8) is 0 Å². The van der Waals surface area contributed by atoms with Crippen molar-refractivity contribution in [3.8, 4) is 10.8 Å². The van der Waals surface area contributed by atoms with Crippen molar-refractivity contribution in [1.82, 2.24) is 15.5 Å². The number of aromatic nitrogens is 2. The molecule has 0 unspecified atom stereocenters. The third-order valence-electron chi connectivity index (χ3n) is 3.17. The molecular formula is C18H15N3O4S. The number of carbonyl (C=O) groups excluding carboxylic acids is 2. The first kappa shape index (κ1) is 17.6. The minimum atomic E-state index is -0.688. The first-order valence-corrected chi connectivity index (χ1v) is 8.57. The molecule has 2 aromatic heterocycles. The van der Waals surface area contributed by atoms with Gasteiger partial charge in [0.25, 0.3) is 5.89 Å². The number of thiophene rings is 1. The second kappa shape index (κ2) is 8.21. The summed E-state index contributed by atoms with van der Waals surface area (Å²) in [6, 6.07) is 12.9. The van der Waals surface area contributed by atoms with Gasteiger partial charge < -0.3 is 14.6 Å². The van der Waals surface area contributed by atoms with Gasteiger partial charge in [0.05, 0.1) is 4.88 Å². The first-order valence-electron chi connectivity index (χ1n) is 7.70. The second-order valence-corrected chi connectivity index (χ2v) is 6.17. The molecule has 7 nitrogen and oxygen atoms in total. The van der Waals surface area contributed by atoms with Crippen LogP contribution < -0.4 is 5.32 Å². The monoisotopic (exact) mass is 369 g/mol. The van der Waals surface area contributed by atoms with E-state index in [4.69, 9.17) is 9.26 Å². The Labute approximate surface area is 153 Å². The average Bonchev–Trinajstić information content (AvgIpc) is 3.31. The number of hydrogen-bond acceptors (Lipinski definition) is 7. The standard InChI is InChI=1S/C18H15N3O4S/c1-12(22)19-14(10-13-6-3-2-4-7-13)18(23)24-11-16-20-17(25-21-16)15-8-5-9-26-15/h2-10H,11H2,1H3,(H,19,22)/b14-10-. The quantitative estimate of drug-likeness (QED) is 0.530. The van der Waals surface area contributed by atoms with Crippen LogP contribution in [-0.2, 0) is 20.9 Å². The van der Waals surface area contributed by atoms with Crippen LogP contribution in [0, 0.1) is 0 Å². The number of rotatable bonds is 6. The lowest BCUT2D eigenvalue weighted by Gasteiger charge is -2.07. The number of esters is 1. The zero-order valence-electron chi connectivity index (χ0n) is 13.8. The van der Waals surface area contributed by atoms with Crippen LogP contribution in [0.5, 0.6) is 0 Å². The number of ether oxygens (including phenoxy) is 1. The molecule has 0 aliphatic carbocycles. The van der Waals surface area contributed by atoms with E-state index in [-0.39, 0.29) is 24.0 Å². The summed E-state index contributed by atoms with van der Waals surface area (Å²) < 4.78 is 10.3. The van der Waals surface area contributed by atoms with Crippen molar-refractivity contribution >= 4 is 29.3 Å². The van der Waals surface area contributed by atoms with E-state index >= 15 is 0 Å². The minimum absolute atomic E-state index is 0.0330. The molecule has 0 aliphatic heterocycles. The van der Waals surface area contributed by atoms with Gasteiger partial charge in [-0.15, -0.1) is 11.3 Å². The molecule has 1 N–H and O–H groups in total. The van der Waals surface area contributed by atoms with Crippen LogP contribution in [0.25, 0.3) is 16.8 Å². The molecule has 1 aromatic carbocycles. The van der Waals surface area contributed by atoms with E-state index in [9.17, 15) is 9.59 Å². The fourth-order valence-corrected chi connectivity index (χ4v) is 2.72. The van der Waals surface area contributed by atoms with Gasteiger partial charge >= 0.3 is 5.97 Å². The lowest BCUT2D eigenvalue weighted by molar-refractivity contribution is -0.141. The predicted octanol–water partition coefficient (Wildman–Crippen LogP) is 3.02. The number of carbonyl (C=O) groups is 2. The first-order chi connectivity index (χ1) is 12.6. The van der Waals surface area contributed by atoms with Crippen molar-refractivity contribution < 1.29 is 18.8 Å². The van der Waals surface area contributed by atoms with Crippen molar-refractivity contribution in [2.45, 2.75) is 13.5 Å². The maximum atomic E-state index is 12.3. The zero-order valence-corrected chi connectivity index (χ0v) is 14.7. The van der Waals surface area contributed by atoms with Crippen LogP contribution >= 0.6 is 11.3 Å². The number of nitrogens with one attached hydrogen (secondary N) is 1. The van der Waals surface area contributed by atoms with Gasteiger partial charge in [0.2, 0.25) is 11.7 Å². The summed E-state index contributed by atoms with van der Waals surface area (Å²) in [6.07, 6.45) is 1.54. The van der Waals surface area contributed by atoms with Gasteiger partial charge in [0.15, 0.2) is 6.61 Å². The molecule has 0 bridgehead atoms. The van der Waals surface area contributed by atoms with Gasteiger partial charge in [-0.05, 0) is 23.1 Å².